The van der Waals surface area contributed by atoms with Gasteiger partial charge in [0.2, 0.25) is 0 Å². The summed E-state index contributed by atoms with van der Waals surface area (Å²) in [6.45, 7) is 13.6. The third-order valence-corrected chi connectivity index (χ3v) is 9.60. The highest BCUT2D eigenvalue weighted by Crippen LogP contribution is 2.62. The van der Waals surface area contributed by atoms with Crippen LogP contribution in [0.3, 0.4) is 0 Å². The Kier molecular flexibility index (Phi) is 3.91. The molecule has 0 N–H and O–H groups in total. The van der Waals surface area contributed by atoms with Gasteiger partial charge in [-0.25, -0.2) is 0 Å². The summed E-state index contributed by atoms with van der Waals surface area (Å²) in [7, 11) is -0.0560. The van der Waals surface area contributed by atoms with Gasteiger partial charge in [-0.1, -0.05) is 58.0 Å². The first kappa shape index (κ1) is 15.7. The molecule has 0 aromatic heterocycles. The standard InChI is InChI=1S/C17H28O2Si/c1-13-15(14-11-9-8-10-12-14)17(13,18-5)19-20(6,7)16(2,3)4/h8-13,15H,1-7H3/t13-,15-,17+/m1/s1. The fourth-order valence-electron chi connectivity index (χ4n) is 2.74. The van der Waals surface area contributed by atoms with Crippen LogP contribution in [0, 0.1) is 5.92 Å². The van der Waals surface area contributed by atoms with Crippen LogP contribution in [0.5, 0.6) is 0 Å². The number of ether oxygens (including phenoxy) is 1. The van der Waals surface area contributed by atoms with Gasteiger partial charge >= 0.3 is 0 Å². The van der Waals surface area contributed by atoms with Crippen LogP contribution in [0.15, 0.2) is 30.3 Å². The Labute approximate surface area is 124 Å². The summed E-state index contributed by atoms with van der Waals surface area (Å²) in [5.74, 6) is 0.330. The molecule has 0 saturated heterocycles. The van der Waals surface area contributed by atoms with Crippen molar-refractivity contribution in [2.24, 2.45) is 5.92 Å². The number of rotatable bonds is 4. The summed E-state index contributed by atoms with van der Waals surface area (Å²) in [5.41, 5.74) is 1.32. The second-order valence-corrected chi connectivity index (χ2v) is 12.2. The highest BCUT2D eigenvalue weighted by atomic mass is 28.4. The van der Waals surface area contributed by atoms with Gasteiger partial charge in [0.1, 0.15) is 0 Å². The minimum Gasteiger partial charge on any atom is -0.389 e. The van der Waals surface area contributed by atoms with Crippen molar-refractivity contribution in [3.05, 3.63) is 35.9 Å². The summed E-state index contributed by atoms with van der Waals surface area (Å²) in [4.78, 5) is 0. The van der Waals surface area contributed by atoms with Gasteiger partial charge < -0.3 is 9.16 Å². The largest absolute Gasteiger partial charge is 0.389 e. The summed E-state index contributed by atoms with van der Waals surface area (Å²) in [6.07, 6.45) is 0. The highest BCUT2D eigenvalue weighted by Gasteiger charge is 2.67. The van der Waals surface area contributed by atoms with Crippen LogP contribution in [-0.4, -0.2) is 21.2 Å². The monoisotopic (exact) mass is 292 g/mol. The maximum absolute atomic E-state index is 6.65. The zero-order valence-electron chi connectivity index (χ0n) is 13.9. The lowest BCUT2D eigenvalue weighted by Crippen LogP contribution is -2.46. The lowest BCUT2D eigenvalue weighted by molar-refractivity contribution is -0.104. The van der Waals surface area contributed by atoms with E-state index in [1.807, 2.05) is 0 Å². The molecule has 0 unspecified atom stereocenters. The number of methoxy groups -OCH3 is 1. The van der Waals surface area contributed by atoms with Crippen molar-refractivity contribution in [2.75, 3.05) is 7.11 Å². The Morgan fingerprint density at radius 3 is 2.10 bits per heavy atom. The lowest BCUT2D eigenvalue weighted by atomic mass is 10.1. The van der Waals surface area contributed by atoms with E-state index in [1.54, 1.807) is 7.11 Å². The number of hydrogen-bond acceptors (Lipinski definition) is 2. The second-order valence-electron chi connectivity index (χ2n) is 7.46. The predicted octanol–water partition coefficient (Wildman–Crippen LogP) is 4.78. The Hall–Kier alpha value is -0.643. The van der Waals surface area contributed by atoms with Crippen molar-refractivity contribution in [2.45, 2.75) is 57.5 Å². The van der Waals surface area contributed by atoms with Gasteiger partial charge in [0.05, 0.1) is 0 Å². The molecule has 0 aliphatic heterocycles. The third-order valence-electron chi connectivity index (χ3n) is 5.16. The molecule has 0 spiro atoms. The maximum atomic E-state index is 6.65. The SMILES string of the molecule is CO[C@]1(O[Si](C)(C)C(C)(C)C)[C@H](C)[C@@H]1c1ccccc1. The normalized spacial score (nSPS) is 30.4. The van der Waals surface area contributed by atoms with Crippen molar-refractivity contribution in [1.82, 2.24) is 0 Å². The van der Waals surface area contributed by atoms with Crippen molar-refractivity contribution < 1.29 is 9.16 Å². The lowest BCUT2D eigenvalue weighted by Gasteiger charge is -2.39. The fraction of sp³-hybridized carbons (Fsp3) is 0.647. The van der Waals surface area contributed by atoms with Gasteiger partial charge in [-0.2, -0.15) is 0 Å². The molecule has 20 heavy (non-hydrogen) atoms. The van der Waals surface area contributed by atoms with Crippen molar-refractivity contribution >= 4 is 8.32 Å². The Morgan fingerprint density at radius 2 is 1.65 bits per heavy atom. The molecule has 0 bridgehead atoms. The first-order valence-corrected chi connectivity index (χ1v) is 10.4. The molecule has 0 amide bonds. The van der Waals surface area contributed by atoms with E-state index in [9.17, 15) is 0 Å². The topological polar surface area (TPSA) is 18.5 Å². The molecule has 1 aromatic carbocycles. The van der Waals surface area contributed by atoms with Crippen LogP contribution in [0.1, 0.15) is 39.2 Å². The predicted molar refractivity (Wildman–Crippen MR) is 86.4 cm³/mol. The summed E-state index contributed by atoms with van der Waals surface area (Å²) in [5, 5.41) is 0.197. The van der Waals surface area contributed by atoms with Gasteiger partial charge in [-0.05, 0) is 23.7 Å². The molecular formula is C17H28O2Si. The van der Waals surface area contributed by atoms with Crippen molar-refractivity contribution in [3.8, 4) is 0 Å². The van der Waals surface area contributed by atoms with Crippen LogP contribution in [0.25, 0.3) is 0 Å². The Morgan fingerprint density at radius 1 is 1.10 bits per heavy atom. The van der Waals surface area contributed by atoms with Gasteiger partial charge in [0.25, 0.3) is 0 Å². The first-order chi connectivity index (χ1) is 9.16. The van der Waals surface area contributed by atoms with Gasteiger partial charge in [0.15, 0.2) is 14.1 Å². The molecule has 1 aliphatic rings. The molecular weight excluding hydrogens is 264 g/mol. The van der Waals surface area contributed by atoms with Gasteiger partial charge in [-0.3, -0.25) is 0 Å². The van der Waals surface area contributed by atoms with E-state index in [1.165, 1.54) is 5.56 Å². The average molecular weight is 292 g/mol. The summed E-state index contributed by atoms with van der Waals surface area (Å²) in [6, 6.07) is 10.6. The van der Waals surface area contributed by atoms with Gasteiger partial charge in [0, 0.05) is 18.9 Å². The van der Waals surface area contributed by atoms with E-state index in [4.69, 9.17) is 9.16 Å². The molecule has 2 rings (SSSR count). The average Bonchev–Trinajstić information content (AvgIpc) is 2.93. The van der Waals surface area contributed by atoms with Crippen molar-refractivity contribution in [1.29, 1.82) is 0 Å². The third kappa shape index (κ3) is 2.47. The summed E-state index contributed by atoms with van der Waals surface area (Å²) >= 11 is 0. The van der Waals surface area contributed by atoms with E-state index in [0.29, 0.717) is 11.8 Å². The maximum Gasteiger partial charge on any atom is 0.195 e. The van der Waals surface area contributed by atoms with Crippen LogP contribution < -0.4 is 0 Å². The van der Waals surface area contributed by atoms with Crippen molar-refractivity contribution in [3.63, 3.8) is 0 Å². The van der Waals surface area contributed by atoms with Crippen LogP contribution in [-0.2, 0) is 9.16 Å². The number of benzene rings is 1. The molecule has 1 fully saturated rings. The minimum atomic E-state index is -1.84. The zero-order valence-corrected chi connectivity index (χ0v) is 14.9. The van der Waals surface area contributed by atoms with Gasteiger partial charge in [-0.15, -0.1) is 0 Å². The summed E-state index contributed by atoms with van der Waals surface area (Å²) < 4.78 is 12.5. The van der Waals surface area contributed by atoms with E-state index >= 15 is 0 Å². The fourth-order valence-corrected chi connectivity index (χ4v) is 4.24. The molecule has 0 radical (unpaired) electrons. The second kappa shape index (κ2) is 4.97. The molecule has 1 aliphatic carbocycles. The molecule has 3 atom stereocenters. The quantitative estimate of drug-likeness (QED) is 0.587. The van der Waals surface area contributed by atoms with Crippen LogP contribution >= 0.6 is 0 Å². The molecule has 112 valence electrons. The van der Waals surface area contributed by atoms with E-state index in [2.05, 4.69) is 71.1 Å². The molecule has 1 saturated carbocycles. The molecule has 3 heteroatoms. The minimum absolute atomic E-state index is 0.197. The number of hydrogen-bond donors (Lipinski definition) is 0. The van der Waals surface area contributed by atoms with E-state index in [0.717, 1.165) is 0 Å². The van der Waals surface area contributed by atoms with E-state index < -0.39 is 14.1 Å². The smallest absolute Gasteiger partial charge is 0.195 e. The Balaban J connectivity index is 2.25. The highest BCUT2D eigenvalue weighted by molar-refractivity contribution is 6.74. The first-order valence-electron chi connectivity index (χ1n) is 7.46. The molecule has 2 nitrogen and oxygen atoms in total. The van der Waals surface area contributed by atoms with E-state index in [-0.39, 0.29) is 5.04 Å². The zero-order chi connectivity index (χ0) is 15.2. The van der Waals surface area contributed by atoms with Crippen LogP contribution in [0.4, 0.5) is 0 Å². The Bertz CT molecular complexity index is 464. The molecule has 0 heterocycles. The van der Waals surface area contributed by atoms with Crippen LogP contribution in [0.2, 0.25) is 18.1 Å². The molecule has 1 aromatic rings.